The van der Waals surface area contributed by atoms with Crippen molar-refractivity contribution in [3.8, 4) is 11.5 Å². The number of thiophene rings is 1. The van der Waals surface area contributed by atoms with Crippen molar-refractivity contribution in [2.24, 2.45) is 0 Å². The van der Waals surface area contributed by atoms with Crippen LogP contribution in [0.5, 0.6) is 11.5 Å². The van der Waals surface area contributed by atoms with Crippen LogP contribution in [0.4, 0.5) is 0 Å². The van der Waals surface area contributed by atoms with E-state index in [-0.39, 0.29) is 19.1 Å². The number of aliphatic hydroxyl groups is 1. The van der Waals surface area contributed by atoms with Crippen molar-refractivity contribution in [2.45, 2.75) is 0 Å². The number of benzene rings is 1. The number of hydrogen-bond acceptors (Lipinski definition) is 5. The second kappa shape index (κ2) is 6.95. The van der Waals surface area contributed by atoms with Gasteiger partial charge in [0.05, 0.1) is 22.4 Å². The van der Waals surface area contributed by atoms with Gasteiger partial charge >= 0.3 is 0 Å². The normalized spacial score (nSPS) is 10.7. The lowest BCUT2D eigenvalue weighted by atomic mass is 10.2. The second-order valence-electron chi connectivity index (χ2n) is 4.70. The first-order valence-electron chi connectivity index (χ1n) is 6.87. The van der Waals surface area contributed by atoms with Crippen LogP contribution in [-0.4, -0.2) is 29.1 Å². The Morgan fingerprint density at radius 3 is 2.83 bits per heavy atom. The number of pyridine rings is 1. The standard InChI is InChI=1S/C16H13ClN2O3S/c17-10-1-3-11(4-2-10)22-13-8-18-9-15-12(13)7-14(23-15)16(21)19-5-6-20/h1-4,7-9,20H,5-6H2,(H,19,21). The minimum Gasteiger partial charge on any atom is -0.455 e. The van der Waals surface area contributed by atoms with Gasteiger partial charge in [0.1, 0.15) is 5.75 Å². The van der Waals surface area contributed by atoms with E-state index in [1.165, 1.54) is 11.3 Å². The minimum absolute atomic E-state index is 0.0941. The smallest absolute Gasteiger partial charge is 0.261 e. The maximum Gasteiger partial charge on any atom is 0.261 e. The highest BCUT2D eigenvalue weighted by molar-refractivity contribution is 7.20. The molecule has 3 aromatic rings. The Labute approximate surface area is 141 Å². The summed E-state index contributed by atoms with van der Waals surface area (Å²) in [5, 5.41) is 12.9. The highest BCUT2D eigenvalue weighted by Crippen LogP contribution is 2.34. The number of amides is 1. The Balaban J connectivity index is 1.90. The van der Waals surface area contributed by atoms with Crippen LogP contribution in [0.25, 0.3) is 10.1 Å². The van der Waals surface area contributed by atoms with Crippen molar-refractivity contribution in [3.05, 3.63) is 52.6 Å². The summed E-state index contributed by atoms with van der Waals surface area (Å²) in [5.41, 5.74) is 0. The third-order valence-electron chi connectivity index (χ3n) is 3.07. The molecule has 0 spiro atoms. The second-order valence-corrected chi connectivity index (χ2v) is 6.22. The fraction of sp³-hybridized carbons (Fsp3) is 0.125. The first-order chi connectivity index (χ1) is 11.2. The molecule has 0 fully saturated rings. The van der Waals surface area contributed by atoms with E-state index < -0.39 is 0 Å². The van der Waals surface area contributed by atoms with Gasteiger partial charge in [-0.15, -0.1) is 11.3 Å². The van der Waals surface area contributed by atoms with Gasteiger partial charge in [0.25, 0.3) is 5.91 Å². The molecule has 0 radical (unpaired) electrons. The number of carbonyl (C=O) groups excluding carboxylic acids is 1. The van der Waals surface area contributed by atoms with Crippen LogP contribution in [-0.2, 0) is 0 Å². The molecular weight excluding hydrogens is 336 g/mol. The van der Waals surface area contributed by atoms with E-state index >= 15 is 0 Å². The number of nitrogens with zero attached hydrogens (tertiary/aromatic N) is 1. The number of carbonyl (C=O) groups is 1. The summed E-state index contributed by atoms with van der Waals surface area (Å²) in [5.74, 6) is 0.987. The summed E-state index contributed by atoms with van der Waals surface area (Å²) in [4.78, 5) is 16.7. The van der Waals surface area contributed by atoms with E-state index in [0.717, 1.165) is 10.1 Å². The zero-order chi connectivity index (χ0) is 16.2. The summed E-state index contributed by atoms with van der Waals surface area (Å²) in [6, 6.07) is 8.78. The largest absolute Gasteiger partial charge is 0.455 e. The van der Waals surface area contributed by atoms with Crippen molar-refractivity contribution < 1.29 is 14.6 Å². The Hall–Kier alpha value is -2.15. The lowest BCUT2D eigenvalue weighted by Crippen LogP contribution is -2.25. The van der Waals surface area contributed by atoms with E-state index in [1.807, 2.05) is 0 Å². The monoisotopic (exact) mass is 348 g/mol. The van der Waals surface area contributed by atoms with E-state index in [0.29, 0.717) is 21.4 Å². The number of halogens is 1. The number of aromatic nitrogens is 1. The van der Waals surface area contributed by atoms with E-state index in [4.69, 9.17) is 21.4 Å². The minimum atomic E-state index is -0.224. The average molecular weight is 349 g/mol. The molecule has 0 unspecified atom stereocenters. The van der Waals surface area contributed by atoms with Crippen LogP contribution < -0.4 is 10.1 Å². The van der Waals surface area contributed by atoms with Crippen LogP contribution in [0.1, 0.15) is 9.67 Å². The number of ether oxygens (including phenoxy) is 1. The molecule has 0 saturated heterocycles. The Bertz CT molecular complexity index is 833. The first kappa shape index (κ1) is 15.7. The number of hydrogen-bond donors (Lipinski definition) is 2. The SMILES string of the molecule is O=C(NCCO)c1cc2c(Oc3ccc(Cl)cc3)cncc2s1. The van der Waals surface area contributed by atoms with Crippen LogP contribution in [0.2, 0.25) is 5.02 Å². The molecule has 118 valence electrons. The van der Waals surface area contributed by atoms with Crippen LogP contribution in [0, 0.1) is 0 Å². The quantitative estimate of drug-likeness (QED) is 0.740. The molecule has 0 atom stereocenters. The maximum absolute atomic E-state index is 12.0. The molecule has 7 heteroatoms. The number of aliphatic hydroxyl groups excluding tert-OH is 1. The van der Waals surface area contributed by atoms with Gasteiger partial charge in [-0.1, -0.05) is 11.6 Å². The Morgan fingerprint density at radius 2 is 2.09 bits per heavy atom. The first-order valence-corrected chi connectivity index (χ1v) is 8.07. The fourth-order valence-corrected chi connectivity index (χ4v) is 3.10. The molecule has 2 N–H and O–H groups in total. The van der Waals surface area contributed by atoms with Crippen molar-refractivity contribution >= 4 is 38.9 Å². The molecule has 1 amide bonds. The van der Waals surface area contributed by atoms with Crippen LogP contribution >= 0.6 is 22.9 Å². The number of rotatable bonds is 5. The molecule has 0 saturated carbocycles. The predicted molar refractivity (Wildman–Crippen MR) is 90.6 cm³/mol. The zero-order valence-corrected chi connectivity index (χ0v) is 13.5. The van der Waals surface area contributed by atoms with Crippen molar-refractivity contribution in [3.63, 3.8) is 0 Å². The molecule has 2 heterocycles. The average Bonchev–Trinajstić information content (AvgIpc) is 3.00. The van der Waals surface area contributed by atoms with Gasteiger partial charge in [-0.25, -0.2) is 0 Å². The van der Waals surface area contributed by atoms with E-state index in [1.54, 1.807) is 42.7 Å². The summed E-state index contributed by atoms with van der Waals surface area (Å²) < 4.78 is 6.69. The third-order valence-corrected chi connectivity index (χ3v) is 4.39. The molecule has 0 bridgehead atoms. The summed E-state index contributed by atoms with van der Waals surface area (Å²) in [6.07, 6.45) is 3.30. The number of fused-ring (bicyclic) bond motifs is 1. The zero-order valence-electron chi connectivity index (χ0n) is 12.0. The predicted octanol–water partition coefficient (Wildman–Crippen LogP) is 3.46. The molecule has 0 aliphatic rings. The van der Waals surface area contributed by atoms with Crippen LogP contribution in [0.15, 0.2) is 42.7 Å². The Kier molecular flexibility index (Phi) is 4.76. The lowest BCUT2D eigenvalue weighted by molar-refractivity contribution is 0.0949. The van der Waals surface area contributed by atoms with E-state index in [9.17, 15) is 4.79 Å². The molecule has 0 aliphatic heterocycles. The van der Waals surface area contributed by atoms with E-state index in [2.05, 4.69) is 10.3 Å². The highest BCUT2D eigenvalue weighted by Gasteiger charge is 2.13. The van der Waals surface area contributed by atoms with Crippen molar-refractivity contribution in [2.75, 3.05) is 13.2 Å². The highest BCUT2D eigenvalue weighted by atomic mass is 35.5. The molecule has 0 aliphatic carbocycles. The topological polar surface area (TPSA) is 71.5 Å². The molecular formula is C16H13ClN2O3S. The van der Waals surface area contributed by atoms with Gasteiger partial charge in [-0.05, 0) is 30.3 Å². The van der Waals surface area contributed by atoms with Gasteiger partial charge in [-0.3, -0.25) is 9.78 Å². The third kappa shape index (κ3) is 3.61. The van der Waals surface area contributed by atoms with Gasteiger partial charge in [0, 0.05) is 23.2 Å². The van der Waals surface area contributed by atoms with Gasteiger partial charge in [0.15, 0.2) is 5.75 Å². The lowest BCUT2D eigenvalue weighted by Gasteiger charge is -2.06. The summed E-state index contributed by atoms with van der Waals surface area (Å²) >= 11 is 7.19. The van der Waals surface area contributed by atoms with Crippen molar-refractivity contribution in [1.82, 2.24) is 10.3 Å². The van der Waals surface area contributed by atoms with Gasteiger partial charge in [-0.2, -0.15) is 0 Å². The van der Waals surface area contributed by atoms with Gasteiger partial charge < -0.3 is 15.2 Å². The summed E-state index contributed by atoms with van der Waals surface area (Å²) in [6.45, 7) is 0.128. The molecule has 23 heavy (non-hydrogen) atoms. The fourth-order valence-electron chi connectivity index (χ4n) is 2.02. The van der Waals surface area contributed by atoms with Crippen molar-refractivity contribution in [1.29, 1.82) is 0 Å². The van der Waals surface area contributed by atoms with Gasteiger partial charge in [0.2, 0.25) is 0 Å². The molecule has 5 nitrogen and oxygen atoms in total. The number of nitrogens with one attached hydrogen (secondary N) is 1. The summed E-state index contributed by atoms with van der Waals surface area (Å²) in [7, 11) is 0. The van der Waals surface area contributed by atoms with Crippen LogP contribution in [0.3, 0.4) is 0 Å². The maximum atomic E-state index is 12.0. The molecule has 1 aromatic carbocycles. The Morgan fingerprint density at radius 1 is 1.30 bits per heavy atom. The molecule has 2 aromatic heterocycles. The molecule has 3 rings (SSSR count).